The van der Waals surface area contributed by atoms with E-state index >= 15 is 0 Å². The summed E-state index contributed by atoms with van der Waals surface area (Å²) >= 11 is 0. The Morgan fingerprint density at radius 3 is 1.06 bits per heavy atom. The maximum absolute atomic E-state index is 13.6. The topological polar surface area (TPSA) is 268 Å². The van der Waals surface area contributed by atoms with Crippen LogP contribution in [-0.4, -0.2) is 109 Å². The van der Waals surface area contributed by atoms with Gasteiger partial charge in [0, 0.05) is 38.8 Å². The molecule has 4 aromatic carbocycles. The highest BCUT2D eigenvalue weighted by Gasteiger charge is 2.31. The fourth-order valence-electron chi connectivity index (χ4n) is 6.77. The Morgan fingerprint density at radius 1 is 0.394 bits per heavy atom. The molecule has 0 aliphatic carbocycles. The van der Waals surface area contributed by atoms with Crippen LogP contribution in [0, 0.1) is 0 Å². The third-order valence-electron chi connectivity index (χ3n) is 10.0. The lowest BCUT2D eigenvalue weighted by molar-refractivity contribution is -0.143. The molecule has 0 saturated carbocycles. The maximum atomic E-state index is 13.6. The van der Waals surface area contributed by atoms with Crippen LogP contribution in [0.2, 0.25) is 0 Å². The number of nitrogens with one attached hydrogen (secondary N) is 8. The first-order chi connectivity index (χ1) is 33.6. The molecule has 19 nitrogen and oxygen atoms in total. The van der Waals surface area contributed by atoms with Gasteiger partial charge in [0.1, 0.15) is 35.4 Å². The van der Waals surface area contributed by atoms with Gasteiger partial charge in [-0.1, -0.05) is 121 Å². The smallest absolute Gasteiger partial charge is 0.408 e. The van der Waals surface area contributed by atoms with Gasteiger partial charge < -0.3 is 46.7 Å². The molecule has 0 saturated heterocycles. The van der Waals surface area contributed by atoms with Crippen LogP contribution in [0.25, 0.3) is 0 Å². The van der Waals surface area contributed by atoms with Crippen molar-refractivity contribution >= 4 is 53.5 Å². The molecular weight excluding hydrogens is 913 g/mol. The number of ether oxygens (including phenoxy) is 2. The predicted molar refractivity (Wildman–Crippen MR) is 263 cm³/mol. The minimum absolute atomic E-state index is 0.0411. The summed E-state index contributed by atoms with van der Waals surface area (Å²) in [5.41, 5.74) is 1.02. The van der Waals surface area contributed by atoms with Crippen LogP contribution in [0.5, 0.6) is 0 Å². The van der Waals surface area contributed by atoms with Crippen molar-refractivity contribution in [3.05, 3.63) is 144 Å². The average Bonchev–Trinajstić information content (AvgIpc) is 3.31. The number of hydrogen-bond donors (Lipinski definition) is 8. The van der Waals surface area contributed by atoms with E-state index < -0.39 is 95.5 Å². The van der Waals surface area contributed by atoms with Gasteiger partial charge in [-0.25, -0.2) is 9.59 Å². The molecule has 0 spiro atoms. The van der Waals surface area contributed by atoms with Crippen LogP contribution < -0.4 is 42.5 Å². The standard InChI is InChI=1S/C52H64N8O11/c1-51(2,3)70-49(68)58-40(31-36-23-15-9-16-24-36)45(64)55-33-42(61)56-38(29-34-19-11-7-12-20-34)43(62)53-27-28-54-44(63)39(30-35-21-13-8-14-22-35)57-47(66)48(67)60-46(65)41(32-37-25-17-10-18-26-37)59-50(69)71-52(4,5)6/h7-26,38-41H,27-33H2,1-6H3,(H,53,62)(H,54,63)(H,55,64)(H,56,61)(H,57,66)(H,58,68)(H,59,69)(H,60,65,67)/t38-,39-,40+,41?/m1/s1. The summed E-state index contributed by atoms with van der Waals surface area (Å²) in [6, 6.07) is 30.3. The summed E-state index contributed by atoms with van der Waals surface area (Å²) in [5, 5.41) is 19.9. The molecule has 0 aliphatic rings. The quantitative estimate of drug-likeness (QED) is 0.0445. The van der Waals surface area contributed by atoms with E-state index in [9.17, 15) is 43.2 Å². The summed E-state index contributed by atoms with van der Waals surface area (Å²) in [6.45, 7) is 9.16. The Labute approximate surface area is 413 Å². The van der Waals surface area contributed by atoms with Crippen LogP contribution in [-0.2, 0) is 68.7 Å². The largest absolute Gasteiger partial charge is 0.444 e. The van der Waals surface area contributed by atoms with Crippen molar-refractivity contribution in [1.82, 2.24) is 42.5 Å². The number of amides is 9. The average molecular weight is 977 g/mol. The van der Waals surface area contributed by atoms with Gasteiger partial charge in [0.05, 0.1) is 6.54 Å². The van der Waals surface area contributed by atoms with Crippen LogP contribution in [0.3, 0.4) is 0 Å². The zero-order chi connectivity index (χ0) is 52.0. The molecule has 71 heavy (non-hydrogen) atoms. The highest BCUT2D eigenvalue weighted by molar-refractivity contribution is 6.38. The Balaban J connectivity index is 1.37. The van der Waals surface area contributed by atoms with E-state index in [4.69, 9.17) is 9.47 Å². The Kier molecular flexibility index (Phi) is 21.3. The maximum Gasteiger partial charge on any atom is 0.408 e. The Morgan fingerprint density at radius 2 is 0.704 bits per heavy atom. The van der Waals surface area contributed by atoms with E-state index in [-0.39, 0.29) is 38.8 Å². The van der Waals surface area contributed by atoms with Crippen molar-refractivity contribution in [3.8, 4) is 0 Å². The van der Waals surface area contributed by atoms with Crippen LogP contribution in [0.4, 0.5) is 9.59 Å². The van der Waals surface area contributed by atoms with Crippen molar-refractivity contribution in [2.75, 3.05) is 19.6 Å². The van der Waals surface area contributed by atoms with E-state index in [0.717, 1.165) is 5.56 Å². The second-order valence-corrected chi connectivity index (χ2v) is 18.4. The van der Waals surface area contributed by atoms with Gasteiger partial charge in [0.25, 0.3) is 0 Å². The summed E-state index contributed by atoms with van der Waals surface area (Å²) in [5.74, 6) is -6.38. The lowest BCUT2D eigenvalue weighted by Crippen LogP contribution is -2.56. The number of carbonyl (C=O) groups excluding carboxylic acids is 9. The second-order valence-electron chi connectivity index (χ2n) is 18.4. The van der Waals surface area contributed by atoms with Crippen LogP contribution in [0.15, 0.2) is 121 Å². The molecule has 0 fully saturated rings. The molecule has 1 unspecified atom stereocenters. The second kappa shape index (κ2) is 27.2. The Hall–Kier alpha value is -8.09. The van der Waals surface area contributed by atoms with Gasteiger partial charge in [0.2, 0.25) is 29.5 Å². The predicted octanol–water partition coefficient (Wildman–Crippen LogP) is 2.70. The van der Waals surface area contributed by atoms with Gasteiger partial charge in [-0.05, 0) is 63.8 Å². The highest BCUT2D eigenvalue weighted by Crippen LogP contribution is 2.11. The zero-order valence-corrected chi connectivity index (χ0v) is 40.8. The van der Waals surface area contributed by atoms with Crippen LogP contribution >= 0.6 is 0 Å². The van der Waals surface area contributed by atoms with E-state index in [1.165, 1.54) is 0 Å². The van der Waals surface area contributed by atoms with Gasteiger partial charge in [-0.2, -0.15) is 0 Å². The van der Waals surface area contributed by atoms with Gasteiger partial charge in [-0.3, -0.25) is 38.9 Å². The molecule has 378 valence electrons. The van der Waals surface area contributed by atoms with Gasteiger partial charge in [-0.15, -0.1) is 0 Å². The number of imide groups is 1. The lowest BCUT2D eigenvalue weighted by atomic mass is 10.0. The normalized spacial score (nSPS) is 12.8. The minimum atomic E-state index is -1.38. The Bertz CT molecular complexity index is 2430. The molecule has 0 aliphatic heterocycles. The first-order valence-corrected chi connectivity index (χ1v) is 23.1. The fourth-order valence-corrected chi connectivity index (χ4v) is 6.77. The minimum Gasteiger partial charge on any atom is -0.444 e. The van der Waals surface area contributed by atoms with Crippen molar-refractivity contribution in [2.24, 2.45) is 0 Å². The highest BCUT2D eigenvalue weighted by atomic mass is 16.6. The molecule has 0 radical (unpaired) electrons. The van der Waals surface area contributed by atoms with Crippen molar-refractivity contribution in [3.63, 3.8) is 0 Å². The number of alkyl carbamates (subject to hydrolysis) is 2. The van der Waals surface area contributed by atoms with Crippen molar-refractivity contribution < 1.29 is 52.6 Å². The molecular formula is C52H64N8O11. The molecule has 4 atom stereocenters. The van der Waals surface area contributed by atoms with E-state index in [2.05, 4.69) is 37.2 Å². The molecule has 9 amide bonds. The van der Waals surface area contributed by atoms with E-state index in [1.807, 2.05) is 11.4 Å². The van der Waals surface area contributed by atoms with E-state index in [0.29, 0.717) is 16.7 Å². The number of hydrogen-bond acceptors (Lipinski definition) is 11. The summed E-state index contributed by atoms with van der Waals surface area (Å²) in [7, 11) is 0. The van der Waals surface area contributed by atoms with Crippen molar-refractivity contribution in [2.45, 2.75) is 103 Å². The molecule has 4 aromatic rings. The summed E-state index contributed by atoms with van der Waals surface area (Å²) in [4.78, 5) is 119. The number of benzene rings is 4. The SMILES string of the molecule is CC(C)(C)OC(=O)NC(Cc1ccccc1)C(=O)NC(=O)C(=O)N[C@H](Cc1ccccc1)C(=O)NCCNC(=O)[C@@H](Cc1ccccc1)NC(=O)CNC(=O)[C@H](Cc1ccccc1)NC(=O)OC(C)(C)C. The fraction of sp³-hybridized carbons (Fsp3) is 0.365. The number of rotatable bonds is 21. The number of carbonyl (C=O) groups is 9. The third kappa shape index (κ3) is 21.4. The molecule has 0 heterocycles. The molecule has 8 N–H and O–H groups in total. The zero-order valence-electron chi connectivity index (χ0n) is 40.8. The summed E-state index contributed by atoms with van der Waals surface area (Å²) < 4.78 is 10.6. The molecule has 0 bridgehead atoms. The molecule has 4 rings (SSSR count). The lowest BCUT2D eigenvalue weighted by Gasteiger charge is -2.24. The van der Waals surface area contributed by atoms with Gasteiger partial charge >= 0.3 is 24.0 Å². The molecule has 0 aromatic heterocycles. The van der Waals surface area contributed by atoms with Crippen molar-refractivity contribution in [1.29, 1.82) is 0 Å². The first-order valence-electron chi connectivity index (χ1n) is 23.1. The van der Waals surface area contributed by atoms with Gasteiger partial charge in [0.15, 0.2) is 0 Å². The summed E-state index contributed by atoms with van der Waals surface area (Å²) in [6.07, 6.45) is -1.67. The van der Waals surface area contributed by atoms with E-state index in [1.54, 1.807) is 157 Å². The monoisotopic (exact) mass is 976 g/mol. The van der Waals surface area contributed by atoms with Crippen LogP contribution in [0.1, 0.15) is 63.8 Å². The third-order valence-corrected chi connectivity index (χ3v) is 10.0. The molecule has 19 heteroatoms. The first kappa shape index (κ1) is 55.5.